The van der Waals surface area contributed by atoms with Crippen LogP contribution in [0.2, 0.25) is 0 Å². The number of carbonyl (C=O) groups excluding carboxylic acids is 1. The molecule has 0 heterocycles. The standard InChI is InChI=1S/C10H22.C5H11NO2.C2H6/c1-3-5-7-9-10-8-6-4-2;1-4(3-7)6-5(2)8;1-2/h3-10H2,1-2H3;4,7H,3H2,1-2H3,(H,6,8);1-2H3/t;4-;/m.0./s1. The first kappa shape index (κ1) is 24.4. The van der Waals surface area contributed by atoms with Crippen LogP contribution in [0.4, 0.5) is 0 Å². The summed E-state index contributed by atoms with van der Waals surface area (Å²) in [5, 5.41) is 10.9. The fourth-order valence-electron chi connectivity index (χ4n) is 1.60. The molecule has 0 spiro atoms. The maximum absolute atomic E-state index is 10.2. The molecule has 0 aromatic heterocycles. The van der Waals surface area contributed by atoms with E-state index < -0.39 is 0 Å². The lowest BCUT2D eigenvalue weighted by atomic mass is 10.1. The molecule has 0 radical (unpaired) electrons. The quantitative estimate of drug-likeness (QED) is 0.606. The lowest BCUT2D eigenvalue weighted by Gasteiger charge is -2.06. The molecule has 1 atom stereocenters. The Bertz CT molecular complexity index is 164. The molecule has 0 fully saturated rings. The molecule has 124 valence electrons. The van der Waals surface area contributed by atoms with Crippen molar-refractivity contribution in [3.8, 4) is 0 Å². The van der Waals surface area contributed by atoms with E-state index in [-0.39, 0.29) is 18.6 Å². The number of aliphatic hydroxyl groups excluding tert-OH is 1. The van der Waals surface area contributed by atoms with Crippen LogP contribution in [0.5, 0.6) is 0 Å². The number of hydrogen-bond acceptors (Lipinski definition) is 2. The minimum Gasteiger partial charge on any atom is -0.394 e. The van der Waals surface area contributed by atoms with Gasteiger partial charge in [-0.1, -0.05) is 79.1 Å². The predicted molar refractivity (Wildman–Crippen MR) is 90.0 cm³/mol. The van der Waals surface area contributed by atoms with Gasteiger partial charge in [-0.2, -0.15) is 0 Å². The van der Waals surface area contributed by atoms with Crippen LogP contribution in [-0.4, -0.2) is 23.7 Å². The molecule has 0 saturated heterocycles. The summed E-state index contributed by atoms with van der Waals surface area (Å²) in [5.41, 5.74) is 0. The Kier molecular flexibility index (Phi) is 28.7. The van der Waals surface area contributed by atoms with Gasteiger partial charge in [0.15, 0.2) is 0 Å². The molecule has 0 aliphatic rings. The smallest absolute Gasteiger partial charge is 0.217 e. The van der Waals surface area contributed by atoms with E-state index in [2.05, 4.69) is 19.2 Å². The first-order valence-corrected chi connectivity index (χ1v) is 8.46. The normalized spacial score (nSPS) is 10.6. The average Bonchev–Trinajstić information content (AvgIpc) is 2.45. The van der Waals surface area contributed by atoms with Gasteiger partial charge in [0.1, 0.15) is 0 Å². The van der Waals surface area contributed by atoms with Gasteiger partial charge >= 0.3 is 0 Å². The Morgan fingerprint density at radius 1 is 0.950 bits per heavy atom. The zero-order valence-electron chi connectivity index (χ0n) is 14.8. The Labute approximate surface area is 127 Å². The average molecular weight is 290 g/mol. The maximum Gasteiger partial charge on any atom is 0.217 e. The molecule has 0 aromatic carbocycles. The minimum absolute atomic E-state index is 0.000417. The van der Waals surface area contributed by atoms with Gasteiger partial charge in [-0.25, -0.2) is 0 Å². The van der Waals surface area contributed by atoms with Crippen LogP contribution in [0.1, 0.15) is 92.9 Å². The van der Waals surface area contributed by atoms with Gasteiger partial charge in [0.05, 0.1) is 6.61 Å². The third-order valence-electron chi connectivity index (χ3n) is 2.68. The highest BCUT2D eigenvalue weighted by Crippen LogP contribution is 2.07. The molecule has 20 heavy (non-hydrogen) atoms. The molecule has 0 aliphatic heterocycles. The zero-order valence-corrected chi connectivity index (χ0v) is 14.8. The van der Waals surface area contributed by atoms with Gasteiger partial charge in [0.25, 0.3) is 0 Å². The number of nitrogens with one attached hydrogen (secondary N) is 1. The number of unbranched alkanes of at least 4 members (excludes halogenated alkanes) is 7. The lowest BCUT2D eigenvalue weighted by molar-refractivity contribution is -0.119. The van der Waals surface area contributed by atoms with Crippen molar-refractivity contribution in [1.29, 1.82) is 0 Å². The van der Waals surface area contributed by atoms with Crippen molar-refractivity contribution in [2.24, 2.45) is 0 Å². The van der Waals surface area contributed by atoms with Gasteiger partial charge in [0.2, 0.25) is 5.91 Å². The molecule has 3 nitrogen and oxygen atoms in total. The summed E-state index contributed by atoms with van der Waals surface area (Å²) < 4.78 is 0. The van der Waals surface area contributed by atoms with Crippen molar-refractivity contribution >= 4 is 5.91 Å². The second-order valence-electron chi connectivity index (χ2n) is 4.91. The van der Waals surface area contributed by atoms with Crippen LogP contribution in [0.15, 0.2) is 0 Å². The molecule has 0 aliphatic carbocycles. The van der Waals surface area contributed by atoms with E-state index in [1.807, 2.05) is 13.8 Å². The van der Waals surface area contributed by atoms with E-state index in [9.17, 15) is 4.79 Å². The number of amides is 1. The van der Waals surface area contributed by atoms with Crippen LogP contribution < -0.4 is 5.32 Å². The van der Waals surface area contributed by atoms with Crippen molar-refractivity contribution in [2.75, 3.05) is 6.61 Å². The number of carbonyl (C=O) groups is 1. The topological polar surface area (TPSA) is 49.3 Å². The fourth-order valence-corrected chi connectivity index (χ4v) is 1.60. The van der Waals surface area contributed by atoms with Crippen LogP contribution in [0.3, 0.4) is 0 Å². The highest BCUT2D eigenvalue weighted by molar-refractivity contribution is 5.73. The summed E-state index contributed by atoms with van der Waals surface area (Å²) in [5.74, 6) is -0.105. The Hall–Kier alpha value is -0.570. The van der Waals surface area contributed by atoms with Gasteiger partial charge in [-0.3, -0.25) is 4.79 Å². The van der Waals surface area contributed by atoms with Gasteiger partial charge in [-0.15, -0.1) is 0 Å². The second-order valence-corrected chi connectivity index (χ2v) is 4.91. The van der Waals surface area contributed by atoms with Crippen molar-refractivity contribution in [3.05, 3.63) is 0 Å². The van der Waals surface area contributed by atoms with E-state index in [4.69, 9.17) is 5.11 Å². The van der Waals surface area contributed by atoms with Crippen molar-refractivity contribution in [2.45, 2.75) is 99.0 Å². The molecule has 0 saturated carbocycles. The van der Waals surface area contributed by atoms with Gasteiger partial charge in [0, 0.05) is 13.0 Å². The monoisotopic (exact) mass is 289 g/mol. The van der Waals surface area contributed by atoms with E-state index in [1.54, 1.807) is 6.92 Å². The number of rotatable bonds is 9. The molecule has 0 aromatic rings. The summed E-state index contributed by atoms with van der Waals surface area (Å²) in [6.45, 7) is 11.7. The first-order chi connectivity index (χ1) is 9.58. The third-order valence-corrected chi connectivity index (χ3v) is 2.68. The fraction of sp³-hybridized carbons (Fsp3) is 0.941. The first-order valence-electron chi connectivity index (χ1n) is 8.46. The number of aliphatic hydroxyl groups is 1. The summed E-state index contributed by atoms with van der Waals surface area (Å²) in [4.78, 5) is 10.2. The summed E-state index contributed by atoms with van der Waals surface area (Å²) in [7, 11) is 0. The second kappa shape index (κ2) is 23.5. The Morgan fingerprint density at radius 2 is 1.30 bits per heavy atom. The molecular weight excluding hydrogens is 250 g/mol. The molecule has 0 bridgehead atoms. The minimum atomic E-state index is -0.118. The molecule has 2 N–H and O–H groups in total. The van der Waals surface area contributed by atoms with Gasteiger partial charge < -0.3 is 10.4 Å². The summed E-state index contributed by atoms with van der Waals surface area (Å²) >= 11 is 0. The maximum atomic E-state index is 10.2. The van der Waals surface area contributed by atoms with Crippen LogP contribution in [0, 0.1) is 0 Å². The van der Waals surface area contributed by atoms with Crippen LogP contribution in [0.25, 0.3) is 0 Å². The van der Waals surface area contributed by atoms with E-state index in [0.717, 1.165) is 0 Å². The Morgan fingerprint density at radius 3 is 1.50 bits per heavy atom. The van der Waals surface area contributed by atoms with Crippen molar-refractivity contribution in [3.63, 3.8) is 0 Å². The molecule has 0 rings (SSSR count). The molecule has 3 heteroatoms. The summed E-state index contributed by atoms with van der Waals surface area (Å²) in [6, 6.07) is -0.118. The largest absolute Gasteiger partial charge is 0.394 e. The zero-order chi connectivity index (χ0) is 16.2. The predicted octanol–water partition coefficient (Wildman–Crippen LogP) is 4.68. The molecule has 0 unspecified atom stereocenters. The lowest BCUT2D eigenvalue weighted by Crippen LogP contribution is -2.32. The third kappa shape index (κ3) is 30.5. The van der Waals surface area contributed by atoms with E-state index in [0.29, 0.717) is 0 Å². The number of hydrogen-bond donors (Lipinski definition) is 2. The van der Waals surface area contributed by atoms with Crippen LogP contribution in [-0.2, 0) is 4.79 Å². The molecular formula is C17H39NO2. The van der Waals surface area contributed by atoms with Crippen LogP contribution >= 0.6 is 0 Å². The van der Waals surface area contributed by atoms with Gasteiger partial charge in [-0.05, 0) is 6.92 Å². The summed E-state index contributed by atoms with van der Waals surface area (Å²) in [6.07, 6.45) is 11.5. The highest BCUT2D eigenvalue weighted by atomic mass is 16.3. The van der Waals surface area contributed by atoms with Crippen molar-refractivity contribution in [1.82, 2.24) is 5.32 Å². The SMILES string of the molecule is CC.CC(=O)N[C@@H](C)CO.CCCCCCCCCC. The highest BCUT2D eigenvalue weighted by Gasteiger charge is 1.97. The van der Waals surface area contributed by atoms with E-state index >= 15 is 0 Å². The Balaban J connectivity index is -0.000000262. The van der Waals surface area contributed by atoms with Crippen molar-refractivity contribution < 1.29 is 9.90 Å². The molecule has 1 amide bonds. The van der Waals surface area contributed by atoms with E-state index in [1.165, 1.54) is 58.3 Å².